The number of hydrogen-bond acceptors (Lipinski definition) is 5. The van der Waals surface area contributed by atoms with Crippen LogP contribution in [0, 0.1) is 12.8 Å². The highest BCUT2D eigenvalue weighted by atomic mass is 32.2. The van der Waals surface area contributed by atoms with Gasteiger partial charge in [-0.25, -0.2) is 0 Å². The van der Waals surface area contributed by atoms with Crippen LogP contribution in [0.2, 0.25) is 0 Å². The fourth-order valence-corrected chi connectivity index (χ4v) is 5.85. The zero-order chi connectivity index (χ0) is 27.3. The molecule has 1 aliphatic carbocycles. The molecule has 1 N–H and O–H groups in total. The summed E-state index contributed by atoms with van der Waals surface area (Å²) in [6, 6.07) is 14.0. The number of rotatable bonds is 15. The Morgan fingerprint density at radius 3 is 2.50 bits per heavy atom. The Kier molecular flexibility index (Phi) is 12.9. The topological polar surface area (TPSA) is 52.7 Å². The number of likely N-dealkylation sites (N-methyl/N-ethyl adjacent to an activating group) is 1. The van der Waals surface area contributed by atoms with Crippen LogP contribution in [-0.2, 0) is 11.3 Å². The predicted octanol–water partition coefficient (Wildman–Crippen LogP) is 6.05. The zero-order valence-corrected chi connectivity index (χ0v) is 24.7. The predicted molar refractivity (Wildman–Crippen MR) is 162 cm³/mol. The van der Waals surface area contributed by atoms with E-state index in [1.807, 2.05) is 24.5 Å². The monoisotopic (exact) mass is 537 g/mol. The molecule has 1 aliphatic rings. The average Bonchev–Trinajstić information content (AvgIpc) is 2.93. The van der Waals surface area contributed by atoms with Crippen molar-refractivity contribution in [3.05, 3.63) is 59.2 Å². The quantitative estimate of drug-likeness (QED) is 0.281. The molecule has 0 unspecified atom stereocenters. The van der Waals surface area contributed by atoms with Gasteiger partial charge in [0.05, 0.1) is 6.04 Å². The van der Waals surface area contributed by atoms with Gasteiger partial charge < -0.3 is 15.0 Å². The van der Waals surface area contributed by atoms with E-state index in [2.05, 4.69) is 60.4 Å². The molecule has 0 aromatic heterocycles. The van der Waals surface area contributed by atoms with Crippen molar-refractivity contribution in [1.29, 1.82) is 0 Å². The lowest BCUT2D eigenvalue weighted by atomic mass is 9.87. The Morgan fingerprint density at radius 2 is 1.82 bits per heavy atom. The maximum atomic E-state index is 13.4. The molecule has 0 aliphatic heterocycles. The first-order chi connectivity index (χ1) is 18.4. The fourth-order valence-electron chi connectivity index (χ4n) is 5.36. The van der Waals surface area contributed by atoms with Gasteiger partial charge in [0.1, 0.15) is 6.29 Å². The Balaban J connectivity index is 1.84. The van der Waals surface area contributed by atoms with Crippen LogP contribution < -0.4 is 5.32 Å². The fraction of sp³-hybridized carbons (Fsp3) is 0.562. The molecule has 1 atom stereocenters. The smallest absolute Gasteiger partial charge is 0.252 e. The molecule has 1 amide bonds. The SMILES string of the molecule is CSCC[C@@H](C=O)NC(=O)c1ccc(CN(CCC2CCCCC2)CCN(C)C)cc1-c1ccccc1C. The molecule has 1 saturated carbocycles. The Bertz CT molecular complexity index is 1020. The number of thioether (sulfide) groups is 1. The van der Waals surface area contributed by atoms with Gasteiger partial charge in [-0.15, -0.1) is 0 Å². The van der Waals surface area contributed by atoms with E-state index < -0.39 is 6.04 Å². The molecule has 3 rings (SSSR count). The molecule has 2 aromatic carbocycles. The Morgan fingerprint density at radius 1 is 1.05 bits per heavy atom. The molecule has 0 heterocycles. The van der Waals surface area contributed by atoms with E-state index >= 15 is 0 Å². The van der Waals surface area contributed by atoms with Gasteiger partial charge in [0, 0.05) is 25.2 Å². The van der Waals surface area contributed by atoms with Crippen LogP contribution in [0.25, 0.3) is 11.1 Å². The summed E-state index contributed by atoms with van der Waals surface area (Å²) < 4.78 is 0. The summed E-state index contributed by atoms with van der Waals surface area (Å²) in [5, 5.41) is 2.96. The van der Waals surface area contributed by atoms with Gasteiger partial charge in [0.25, 0.3) is 5.91 Å². The molecule has 0 radical (unpaired) electrons. The first kappa shape index (κ1) is 30.4. The maximum absolute atomic E-state index is 13.4. The maximum Gasteiger partial charge on any atom is 0.252 e. The van der Waals surface area contributed by atoms with Gasteiger partial charge in [-0.05, 0) is 92.7 Å². The summed E-state index contributed by atoms with van der Waals surface area (Å²) in [6.45, 7) is 6.11. The Labute approximate surface area is 234 Å². The second-order valence-electron chi connectivity index (χ2n) is 11.1. The van der Waals surface area contributed by atoms with Crippen molar-refractivity contribution < 1.29 is 9.59 Å². The van der Waals surface area contributed by atoms with Crippen LogP contribution in [0.3, 0.4) is 0 Å². The molecule has 38 heavy (non-hydrogen) atoms. The number of nitrogens with zero attached hydrogens (tertiary/aromatic N) is 2. The normalized spacial score (nSPS) is 15.1. The standard InChI is InChI=1S/C32H47N3O2S/c1-25-10-8-9-13-29(25)31-22-27(14-15-30(31)32(37)33-28(24-36)17-21-38-4)23-35(20-19-34(2)3)18-16-26-11-6-5-7-12-26/h8-10,13-15,22,24,26,28H,5-7,11-12,16-21,23H2,1-4H3,(H,33,37)/t28-/m0/s1. The molecule has 0 saturated heterocycles. The summed E-state index contributed by atoms with van der Waals surface area (Å²) in [5.74, 6) is 1.50. The van der Waals surface area contributed by atoms with Crippen LogP contribution in [0.15, 0.2) is 42.5 Å². The van der Waals surface area contributed by atoms with Crippen molar-refractivity contribution >= 4 is 24.0 Å². The summed E-state index contributed by atoms with van der Waals surface area (Å²) >= 11 is 1.68. The minimum Gasteiger partial charge on any atom is -0.342 e. The minimum atomic E-state index is -0.472. The van der Waals surface area contributed by atoms with Gasteiger partial charge >= 0.3 is 0 Å². The third kappa shape index (κ3) is 9.55. The Hall–Kier alpha value is -2.15. The lowest BCUT2D eigenvalue weighted by molar-refractivity contribution is -0.109. The van der Waals surface area contributed by atoms with Gasteiger partial charge in [-0.3, -0.25) is 9.69 Å². The third-order valence-corrected chi connectivity index (χ3v) is 8.37. The summed E-state index contributed by atoms with van der Waals surface area (Å²) in [7, 11) is 4.27. The summed E-state index contributed by atoms with van der Waals surface area (Å²) in [6.07, 6.45) is 11.7. The van der Waals surface area contributed by atoms with Crippen molar-refractivity contribution in [2.24, 2.45) is 5.92 Å². The highest BCUT2D eigenvalue weighted by Crippen LogP contribution is 2.30. The van der Waals surface area contributed by atoms with E-state index in [0.29, 0.717) is 12.0 Å². The highest BCUT2D eigenvalue weighted by Gasteiger charge is 2.20. The van der Waals surface area contributed by atoms with E-state index in [4.69, 9.17) is 0 Å². The number of nitrogens with one attached hydrogen (secondary N) is 1. The van der Waals surface area contributed by atoms with Crippen LogP contribution in [0.4, 0.5) is 0 Å². The second-order valence-corrected chi connectivity index (χ2v) is 12.1. The lowest BCUT2D eigenvalue weighted by Crippen LogP contribution is -2.36. The largest absolute Gasteiger partial charge is 0.342 e. The van der Waals surface area contributed by atoms with E-state index in [1.54, 1.807) is 11.8 Å². The lowest BCUT2D eigenvalue weighted by Gasteiger charge is -2.28. The van der Waals surface area contributed by atoms with Crippen LogP contribution in [-0.4, -0.2) is 73.8 Å². The molecule has 208 valence electrons. The van der Waals surface area contributed by atoms with Crippen molar-refractivity contribution in [3.8, 4) is 11.1 Å². The van der Waals surface area contributed by atoms with Gasteiger partial charge in [-0.1, -0.05) is 62.4 Å². The number of carbonyl (C=O) groups excluding carboxylic acids is 2. The summed E-state index contributed by atoms with van der Waals surface area (Å²) in [5.41, 5.74) is 4.98. The third-order valence-electron chi connectivity index (χ3n) is 7.73. The molecule has 5 nitrogen and oxygen atoms in total. The van der Waals surface area contributed by atoms with E-state index in [-0.39, 0.29) is 5.91 Å². The van der Waals surface area contributed by atoms with Gasteiger partial charge in [0.2, 0.25) is 0 Å². The molecule has 6 heteroatoms. The number of aryl methyl sites for hydroxylation is 1. The molecule has 2 aromatic rings. The van der Waals surface area contributed by atoms with Crippen molar-refractivity contribution in [3.63, 3.8) is 0 Å². The van der Waals surface area contributed by atoms with Gasteiger partial charge in [-0.2, -0.15) is 11.8 Å². The van der Waals surface area contributed by atoms with Crippen molar-refractivity contribution in [1.82, 2.24) is 15.1 Å². The molecule has 0 spiro atoms. The van der Waals surface area contributed by atoms with E-state index in [1.165, 1.54) is 44.1 Å². The number of benzene rings is 2. The van der Waals surface area contributed by atoms with Crippen molar-refractivity contribution in [2.45, 2.75) is 64.5 Å². The molecular formula is C32H47N3O2S. The number of aldehydes is 1. The number of carbonyl (C=O) groups is 2. The average molecular weight is 538 g/mol. The first-order valence-electron chi connectivity index (χ1n) is 14.2. The van der Waals surface area contributed by atoms with Crippen LogP contribution in [0.5, 0.6) is 0 Å². The van der Waals surface area contributed by atoms with E-state index in [0.717, 1.165) is 60.8 Å². The minimum absolute atomic E-state index is 0.185. The number of amides is 1. The second kappa shape index (κ2) is 16.1. The number of hydrogen-bond donors (Lipinski definition) is 1. The van der Waals surface area contributed by atoms with Crippen molar-refractivity contribution in [2.75, 3.05) is 45.7 Å². The van der Waals surface area contributed by atoms with Crippen LogP contribution in [0.1, 0.15) is 66.4 Å². The van der Waals surface area contributed by atoms with E-state index in [9.17, 15) is 9.59 Å². The summed E-state index contributed by atoms with van der Waals surface area (Å²) in [4.78, 5) is 29.8. The molecule has 0 bridgehead atoms. The molecule has 1 fully saturated rings. The van der Waals surface area contributed by atoms with Gasteiger partial charge in [0.15, 0.2) is 0 Å². The highest BCUT2D eigenvalue weighted by molar-refractivity contribution is 7.98. The first-order valence-corrected chi connectivity index (χ1v) is 15.6. The molecular weight excluding hydrogens is 490 g/mol. The van der Waals surface area contributed by atoms with Crippen LogP contribution >= 0.6 is 11.8 Å². The zero-order valence-electron chi connectivity index (χ0n) is 23.9.